The largest absolute Gasteiger partial charge is 0.462 e. The number of carbonyl (C=O) groups is 2. The zero-order valence-corrected chi connectivity index (χ0v) is 11.8. The second-order valence-electron chi connectivity index (χ2n) is 5.46. The first-order valence-corrected chi connectivity index (χ1v) is 6.48. The van der Waals surface area contributed by atoms with Gasteiger partial charge in [0.25, 0.3) is 0 Å². The monoisotopic (exact) mass is 285 g/mol. The van der Waals surface area contributed by atoms with Crippen molar-refractivity contribution in [2.45, 2.75) is 20.0 Å². The predicted molar refractivity (Wildman–Crippen MR) is 74.7 cm³/mol. The smallest absolute Gasteiger partial charge is 0.349 e. The third-order valence-electron chi connectivity index (χ3n) is 3.19. The van der Waals surface area contributed by atoms with E-state index in [2.05, 4.69) is 0 Å². The van der Waals surface area contributed by atoms with Crippen LogP contribution in [0, 0.1) is 16.7 Å². The van der Waals surface area contributed by atoms with Crippen molar-refractivity contribution in [3.05, 3.63) is 41.5 Å². The second-order valence-corrected chi connectivity index (χ2v) is 5.46. The van der Waals surface area contributed by atoms with Gasteiger partial charge in [-0.2, -0.15) is 5.26 Å². The lowest BCUT2D eigenvalue weighted by Crippen LogP contribution is -2.35. The number of hydrogen-bond acceptors (Lipinski definition) is 5. The Kier molecular flexibility index (Phi) is 4.08. The highest BCUT2D eigenvalue weighted by atomic mass is 16.6. The first-order chi connectivity index (χ1) is 9.94. The molecule has 1 saturated heterocycles. The zero-order valence-electron chi connectivity index (χ0n) is 11.8. The number of ether oxygens (including phenoxy) is 2. The first kappa shape index (κ1) is 14.8. The lowest BCUT2D eigenvalue weighted by Gasteiger charge is -2.21. The molecule has 0 spiro atoms. The van der Waals surface area contributed by atoms with E-state index >= 15 is 0 Å². The predicted octanol–water partition coefficient (Wildman–Crippen LogP) is 2.09. The summed E-state index contributed by atoms with van der Waals surface area (Å²) in [7, 11) is 0. The Hall–Kier alpha value is -2.61. The molecule has 0 N–H and O–H groups in total. The van der Waals surface area contributed by atoms with E-state index in [4.69, 9.17) is 14.7 Å². The lowest BCUT2D eigenvalue weighted by atomic mass is 9.90. The van der Waals surface area contributed by atoms with Gasteiger partial charge in [0.1, 0.15) is 18.2 Å². The van der Waals surface area contributed by atoms with Gasteiger partial charge in [-0.1, -0.05) is 44.2 Å². The molecule has 1 aliphatic heterocycles. The maximum absolute atomic E-state index is 12.0. The van der Waals surface area contributed by atoms with E-state index in [0.29, 0.717) is 5.56 Å². The molecule has 0 radical (unpaired) electrons. The van der Waals surface area contributed by atoms with Crippen LogP contribution in [-0.4, -0.2) is 24.6 Å². The highest BCUT2D eigenvalue weighted by molar-refractivity contribution is 5.99. The Balaban J connectivity index is 2.17. The van der Waals surface area contributed by atoms with Crippen molar-refractivity contribution in [1.29, 1.82) is 5.26 Å². The maximum Gasteiger partial charge on any atom is 0.349 e. The van der Waals surface area contributed by atoms with Crippen molar-refractivity contribution >= 4 is 18.0 Å². The summed E-state index contributed by atoms with van der Waals surface area (Å²) in [5.74, 6) is -1.40. The Morgan fingerprint density at radius 1 is 1.43 bits per heavy atom. The van der Waals surface area contributed by atoms with Gasteiger partial charge in [0.2, 0.25) is 6.10 Å². The van der Waals surface area contributed by atoms with E-state index < -0.39 is 23.5 Å². The number of nitrogens with zero attached hydrogens (tertiary/aromatic N) is 1. The van der Waals surface area contributed by atoms with Crippen LogP contribution in [0.2, 0.25) is 0 Å². The molecule has 1 fully saturated rings. The molecule has 0 aliphatic carbocycles. The van der Waals surface area contributed by atoms with Crippen LogP contribution in [-0.2, 0) is 19.1 Å². The molecule has 0 amide bonds. The normalized spacial score (nSPS) is 20.5. The van der Waals surface area contributed by atoms with E-state index in [9.17, 15) is 9.59 Å². The van der Waals surface area contributed by atoms with Crippen molar-refractivity contribution in [2.75, 3.05) is 6.61 Å². The van der Waals surface area contributed by atoms with E-state index in [0.717, 1.165) is 0 Å². The average Bonchev–Trinajstić information content (AvgIpc) is 2.72. The molecule has 5 nitrogen and oxygen atoms in total. The molecule has 1 heterocycles. The minimum Gasteiger partial charge on any atom is -0.462 e. The Labute approximate surface area is 122 Å². The number of benzene rings is 1. The van der Waals surface area contributed by atoms with Gasteiger partial charge in [0, 0.05) is 5.41 Å². The number of rotatable bonds is 3. The van der Waals surface area contributed by atoms with Crippen molar-refractivity contribution in [2.24, 2.45) is 5.41 Å². The molecule has 0 aromatic heterocycles. The van der Waals surface area contributed by atoms with Crippen molar-refractivity contribution in [1.82, 2.24) is 0 Å². The molecule has 0 unspecified atom stereocenters. The Bertz CT molecular complexity index is 625. The molecule has 1 aromatic carbocycles. The summed E-state index contributed by atoms with van der Waals surface area (Å²) in [5, 5.41) is 9.09. The lowest BCUT2D eigenvalue weighted by molar-refractivity contribution is -0.159. The van der Waals surface area contributed by atoms with Crippen LogP contribution in [0.15, 0.2) is 35.9 Å². The van der Waals surface area contributed by atoms with E-state index in [1.807, 2.05) is 6.07 Å². The zero-order chi connectivity index (χ0) is 15.5. The van der Waals surface area contributed by atoms with Crippen molar-refractivity contribution in [3.63, 3.8) is 0 Å². The molecule has 108 valence electrons. The summed E-state index contributed by atoms with van der Waals surface area (Å²) in [5.41, 5.74) is -0.0454. The van der Waals surface area contributed by atoms with Gasteiger partial charge in [0.05, 0.1) is 0 Å². The third kappa shape index (κ3) is 3.29. The van der Waals surface area contributed by atoms with Gasteiger partial charge in [-0.05, 0) is 11.6 Å². The molecule has 21 heavy (non-hydrogen) atoms. The van der Waals surface area contributed by atoms with Gasteiger partial charge >= 0.3 is 11.9 Å². The van der Waals surface area contributed by atoms with Gasteiger partial charge in [-0.25, -0.2) is 9.59 Å². The van der Waals surface area contributed by atoms with Crippen LogP contribution in [0.5, 0.6) is 0 Å². The standard InChI is InChI=1S/C16H15NO4/c1-16(2)10-20-15(19)13(16)21-14(18)12(9-17)8-11-6-4-3-5-7-11/h3-8,13H,10H2,1-2H3/b12-8+/t13-/m0/s1. The van der Waals surface area contributed by atoms with Crippen molar-refractivity contribution in [3.8, 4) is 6.07 Å². The van der Waals surface area contributed by atoms with Gasteiger partial charge in [-0.3, -0.25) is 0 Å². The minimum atomic E-state index is -0.988. The van der Waals surface area contributed by atoms with Crippen LogP contribution >= 0.6 is 0 Å². The van der Waals surface area contributed by atoms with Crippen LogP contribution in [0.3, 0.4) is 0 Å². The molecule has 2 rings (SSSR count). The maximum atomic E-state index is 12.0. The number of cyclic esters (lactones) is 1. The summed E-state index contributed by atoms with van der Waals surface area (Å²) >= 11 is 0. The van der Waals surface area contributed by atoms with Crippen LogP contribution in [0.25, 0.3) is 6.08 Å². The van der Waals surface area contributed by atoms with Crippen LogP contribution < -0.4 is 0 Å². The average molecular weight is 285 g/mol. The summed E-state index contributed by atoms with van der Waals surface area (Å²) < 4.78 is 10.1. The SMILES string of the molecule is CC1(C)COC(=O)[C@@H]1OC(=O)/C(C#N)=C/c1ccccc1. The summed E-state index contributed by atoms with van der Waals surface area (Å²) in [6, 6.07) is 10.7. The molecule has 0 bridgehead atoms. The first-order valence-electron chi connectivity index (χ1n) is 6.48. The quantitative estimate of drug-likeness (QED) is 0.483. The van der Waals surface area contributed by atoms with Crippen molar-refractivity contribution < 1.29 is 19.1 Å². The van der Waals surface area contributed by atoms with Crippen LogP contribution in [0.1, 0.15) is 19.4 Å². The topological polar surface area (TPSA) is 76.4 Å². The molecule has 0 saturated carbocycles. The fraction of sp³-hybridized carbons (Fsp3) is 0.312. The Morgan fingerprint density at radius 2 is 2.10 bits per heavy atom. The number of nitriles is 1. The van der Waals surface area contributed by atoms with Gasteiger partial charge in [-0.15, -0.1) is 0 Å². The second kappa shape index (κ2) is 5.80. The van der Waals surface area contributed by atoms with Gasteiger partial charge in [0.15, 0.2) is 0 Å². The molecule has 1 atom stereocenters. The fourth-order valence-electron chi connectivity index (χ4n) is 1.96. The molecule has 5 heteroatoms. The summed E-state index contributed by atoms with van der Waals surface area (Å²) in [6.07, 6.45) is 0.438. The number of hydrogen-bond donors (Lipinski definition) is 0. The van der Waals surface area contributed by atoms with E-state index in [-0.39, 0.29) is 12.2 Å². The number of carbonyl (C=O) groups excluding carboxylic acids is 2. The summed E-state index contributed by atoms with van der Waals surface area (Å²) in [6.45, 7) is 3.72. The highest BCUT2D eigenvalue weighted by Gasteiger charge is 2.46. The third-order valence-corrected chi connectivity index (χ3v) is 3.19. The molecule has 1 aromatic rings. The van der Waals surface area contributed by atoms with Gasteiger partial charge < -0.3 is 9.47 Å². The Morgan fingerprint density at radius 3 is 2.62 bits per heavy atom. The summed E-state index contributed by atoms with van der Waals surface area (Å²) in [4.78, 5) is 23.6. The number of esters is 2. The highest BCUT2D eigenvalue weighted by Crippen LogP contribution is 2.31. The fourth-order valence-corrected chi connectivity index (χ4v) is 1.96. The molecular formula is C16H15NO4. The minimum absolute atomic E-state index is 0.156. The molecular weight excluding hydrogens is 270 g/mol. The van der Waals surface area contributed by atoms with Crippen LogP contribution in [0.4, 0.5) is 0 Å². The molecule has 1 aliphatic rings. The van der Waals surface area contributed by atoms with E-state index in [1.165, 1.54) is 6.08 Å². The van der Waals surface area contributed by atoms with E-state index in [1.54, 1.807) is 44.2 Å².